The zero-order chi connectivity index (χ0) is 18.0. The summed E-state index contributed by atoms with van der Waals surface area (Å²) in [5.41, 5.74) is 3.02. The number of fused-ring (bicyclic) bond motifs is 1. The normalized spacial score (nSPS) is 11.0. The summed E-state index contributed by atoms with van der Waals surface area (Å²) in [6.07, 6.45) is 0.694. The van der Waals surface area contributed by atoms with Crippen LogP contribution in [0.5, 0.6) is 11.6 Å². The lowest BCUT2D eigenvalue weighted by Crippen LogP contribution is -2.05. The minimum atomic E-state index is -0.0956. The molecule has 5 nitrogen and oxygen atoms in total. The average Bonchev–Trinajstić information content (AvgIpc) is 2.83. The molecule has 0 bridgehead atoms. The molecule has 0 unspecified atom stereocenters. The number of nitrogens with zero attached hydrogens (tertiary/aromatic N) is 2. The van der Waals surface area contributed by atoms with Gasteiger partial charge in [0.2, 0.25) is 5.88 Å². The summed E-state index contributed by atoms with van der Waals surface area (Å²) in [7, 11) is 0. The van der Waals surface area contributed by atoms with Gasteiger partial charge in [0.25, 0.3) is 0 Å². The van der Waals surface area contributed by atoms with Crippen LogP contribution in [0.4, 0.5) is 5.69 Å². The monoisotopic (exact) mass is 402 g/mol. The maximum atomic E-state index is 11.2. The summed E-state index contributed by atoms with van der Waals surface area (Å²) < 4.78 is 8.33. The number of nitroso groups, excluding NO2 is 1. The topological polar surface area (TPSA) is 63.8 Å². The quantitative estimate of drug-likeness (QED) is 0.431. The standard InChI is InChI=1S/C19H19BrN2O3/c1-12-5-3-6-15(9-12)25-8-4-7-22-18-13(2)10-14(20)11-16(18)17(21-24)19(22)23/h3,5-6,9-11,23H,4,7-8H2,1-2H3. The van der Waals surface area contributed by atoms with E-state index in [-0.39, 0.29) is 11.6 Å². The second-order valence-electron chi connectivity index (χ2n) is 6.05. The van der Waals surface area contributed by atoms with Crippen molar-refractivity contribution in [3.05, 3.63) is 56.9 Å². The van der Waals surface area contributed by atoms with Crippen LogP contribution in [0.2, 0.25) is 0 Å². The number of rotatable bonds is 6. The summed E-state index contributed by atoms with van der Waals surface area (Å²) in [6.45, 7) is 5.01. The Bertz CT molecular complexity index is 934. The summed E-state index contributed by atoms with van der Waals surface area (Å²) in [5.74, 6) is 0.735. The Labute approximate surface area is 154 Å². The summed E-state index contributed by atoms with van der Waals surface area (Å²) in [6, 6.07) is 11.6. The molecule has 3 aromatic rings. The van der Waals surface area contributed by atoms with E-state index in [0.717, 1.165) is 26.9 Å². The smallest absolute Gasteiger partial charge is 0.222 e. The van der Waals surface area contributed by atoms with Crippen molar-refractivity contribution >= 4 is 32.5 Å². The third kappa shape index (κ3) is 3.54. The lowest BCUT2D eigenvalue weighted by molar-refractivity contribution is 0.298. The number of hydrogen-bond acceptors (Lipinski definition) is 4. The third-order valence-corrected chi connectivity index (χ3v) is 4.59. The van der Waals surface area contributed by atoms with E-state index in [9.17, 15) is 10.0 Å². The number of benzene rings is 2. The molecule has 2 aromatic carbocycles. The van der Waals surface area contributed by atoms with Crippen molar-refractivity contribution in [3.63, 3.8) is 0 Å². The van der Waals surface area contributed by atoms with E-state index in [1.807, 2.05) is 44.2 Å². The van der Waals surface area contributed by atoms with E-state index in [1.165, 1.54) is 0 Å². The van der Waals surface area contributed by atoms with Crippen molar-refractivity contribution in [1.29, 1.82) is 0 Å². The van der Waals surface area contributed by atoms with Crippen LogP contribution in [0.25, 0.3) is 10.9 Å². The molecule has 130 valence electrons. The molecule has 1 heterocycles. The van der Waals surface area contributed by atoms with Crippen molar-refractivity contribution in [2.24, 2.45) is 5.18 Å². The van der Waals surface area contributed by atoms with Gasteiger partial charge in [-0.3, -0.25) is 0 Å². The number of aromatic nitrogens is 1. The van der Waals surface area contributed by atoms with Gasteiger partial charge in [-0.2, -0.15) is 0 Å². The highest BCUT2D eigenvalue weighted by atomic mass is 79.9. The van der Waals surface area contributed by atoms with Crippen LogP contribution in [-0.4, -0.2) is 16.3 Å². The maximum absolute atomic E-state index is 11.2. The molecular formula is C19H19BrN2O3. The Kier molecular flexibility index (Phi) is 5.08. The molecule has 0 amide bonds. The first-order valence-electron chi connectivity index (χ1n) is 8.05. The fourth-order valence-corrected chi connectivity index (χ4v) is 3.63. The first kappa shape index (κ1) is 17.5. The molecule has 0 aliphatic rings. The number of ether oxygens (including phenoxy) is 1. The minimum absolute atomic E-state index is 0.0824. The molecule has 0 aliphatic carbocycles. The lowest BCUT2D eigenvalue weighted by Gasteiger charge is -2.10. The first-order valence-corrected chi connectivity index (χ1v) is 8.84. The zero-order valence-corrected chi connectivity index (χ0v) is 15.7. The van der Waals surface area contributed by atoms with Crippen LogP contribution in [0, 0.1) is 18.8 Å². The molecule has 0 radical (unpaired) electrons. The van der Waals surface area contributed by atoms with Crippen LogP contribution in [0.3, 0.4) is 0 Å². The van der Waals surface area contributed by atoms with Gasteiger partial charge in [-0.1, -0.05) is 28.1 Å². The molecule has 0 spiro atoms. The van der Waals surface area contributed by atoms with Crippen LogP contribution in [0.15, 0.2) is 46.0 Å². The fourth-order valence-electron chi connectivity index (χ4n) is 3.05. The van der Waals surface area contributed by atoms with Gasteiger partial charge in [0.05, 0.1) is 12.1 Å². The number of aryl methyl sites for hydroxylation is 3. The predicted octanol–water partition coefficient (Wildman–Crippen LogP) is 5.59. The third-order valence-electron chi connectivity index (χ3n) is 4.13. The van der Waals surface area contributed by atoms with Crippen LogP contribution < -0.4 is 4.74 Å². The largest absolute Gasteiger partial charge is 0.494 e. The highest BCUT2D eigenvalue weighted by Crippen LogP contribution is 2.41. The van der Waals surface area contributed by atoms with E-state index < -0.39 is 0 Å². The maximum Gasteiger partial charge on any atom is 0.222 e. The first-order chi connectivity index (χ1) is 12.0. The highest BCUT2D eigenvalue weighted by Gasteiger charge is 2.19. The molecule has 0 fully saturated rings. The van der Waals surface area contributed by atoms with Crippen LogP contribution in [-0.2, 0) is 6.54 Å². The second-order valence-corrected chi connectivity index (χ2v) is 6.97. The number of hydrogen-bond donors (Lipinski definition) is 1. The Balaban J connectivity index is 1.79. The van der Waals surface area contributed by atoms with Crippen molar-refractivity contribution in [2.75, 3.05) is 6.61 Å². The van der Waals surface area contributed by atoms with E-state index in [1.54, 1.807) is 10.6 Å². The minimum Gasteiger partial charge on any atom is -0.494 e. The highest BCUT2D eigenvalue weighted by molar-refractivity contribution is 9.10. The molecular weight excluding hydrogens is 384 g/mol. The van der Waals surface area contributed by atoms with Gasteiger partial charge in [-0.15, -0.1) is 4.91 Å². The average molecular weight is 403 g/mol. The summed E-state index contributed by atoms with van der Waals surface area (Å²) in [5, 5.41) is 14.1. The van der Waals surface area contributed by atoms with Gasteiger partial charge in [0.1, 0.15) is 5.75 Å². The lowest BCUT2D eigenvalue weighted by atomic mass is 10.1. The summed E-state index contributed by atoms with van der Waals surface area (Å²) >= 11 is 3.42. The molecule has 0 aliphatic heterocycles. The Hall–Kier alpha value is -2.34. The van der Waals surface area contributed by atoms with Crippen LogP contribution >= 0.6 is 15.9 Å². The predicted molar refractivity (Wildman–Crippen MR) is 103 cm³/mol. The van der Waals surface area contributed by atoms with Gasteiger partial charge in [0.15, 0.2) is 5.69 Å². The molecule has 0 atom stereocenters. The van der Waals surface area contributed by atoms with Gasteiger partial charge < -0.3 is 14.4 Å². The Morgan fingerprint density at radius 2 is 2.04 bits per heavy atom. The molecule has 6 heteroatoms. The Morgan fingerprint density at radius 3 is 2.76 bits per heavy atom. The van der Waals surface area contributed by atoms with Crippen molar-refractivity contribution in [3.8, 4) is 11.6 Å². The SMILES string of the molecule is Cc1cccc(OCCCn2c(O)c(N=O)c3cc(Br)cc(C)c32)c1. The second kappa shape index (κ2) is 7.27. The van der Waals surface area contributed by atoms with E-state index in [4.69, 9.17) is 4.74 Å². The van der Waals surface area contributed by atoms with E-state index >= 15 is 0 Å². The summed E-state index contributed by atoms with van der Waals surface area (Å²) in [4.78, 5) is 11.2. The fraction of sp³-hybridized carbons (Fsp3) is 0.263. The molecule has 25 heavy (non-hydrogen) atoms. The number of halogens is 1. The molecule has 0 saturated carbocycles. The Morgan fingerprint density at radius 1 is 1.24 bits per heavy atom. The van der Waals surface area contributed by atoms with Gasteiger partial charge >= 0.3 is 0 Å². The zero-order valence-electron chi connectivity index (χ0n) is 14.1. The van der Waals surface area contributed by atoms with Crippen molar-refractivity contribution in [1.82, 2.24) is 4.57 Å². The molecule has 1 aromatic heterocycles. The molecule has 0 saturated heterocycles. The van der Waals surface area contributed by atoms with Crippen molar-refractivity contribution < 1.29 is 9.84 Å². The van der Waals surface area contributed by atoms with E-state index in [0.29, 0.717) is 25.0 Å². The van der Waals surface area contributed by atoms with E-state index in [2.05, 4.69) is 21.1 Å². The van der Waals surface area contributed by atoms with Gasteiger partial charge in [0, 0.05) is 16.4 Å². The van der Waals surface area contributed by atoms with Gasteiger partial charge in [-0.05, 0) is 60.8 Å². The molecule has 3 rings (SSSR count). The molecule has 1 N–H and O–H groups in total. The van der Waals surface area contributed by atoms with Gasteiger partial charge in [-0.25, -0.2) is 0 Å². The van der Waals surface area contributed by atoms with Crippen molar-refractivity contribution in [2.45, 2.75) is 26.8 Å². The van der Waals surface area contributed by atoms with Crippen LogP contribution in [0.1, 0.15) is 17.5 Å². The number of aromatic hydroxyl groups is 1.